The number of benzene rings is 3. The number of sulfone groups is 1. The molecular weight excluding hydrogens is 432 g/mol. The van der Waals surface area contributed by atoms with Crippen LogP contribution in [-0.4, -0.2) is 13.4 Å². The monoisotopic (exact) mass is 460 g/mol. The van der Waals surface area contributed by atoms with Crippen molar-refractivity contribution >= 4 is 15.7 Å². The second kappa shape index (κ2) is 8.87. The zero-order valence-corrected chi connectivity index (χ0v) is 20.1. The van der Waals surface area contributed by atoms with E-state index in [-0.39, 0.29) is 27.1 Å². The van der Waals surface area contributed by atoms with E-state index in [9.17, 15) is 8.42 Å². The van der Waals surface area contributed by atoms with Crippen LogP contribution in [0.25, 0.3) is 11.5 Å². The highest BCUT2D eigenvalue weighted by atomic mass is 32.2. The molecule has 0 amide bonds. The first kappa shape index (κ1) is 22.8. The zero-order chi connectivity index (χ0) is 23.6. The van der Waals surface area contributed by atoms with E-state index in [2.05, 4.69) is 31.1 Å². The first-order chi connectivity index (χ1) is 15.6. The van der Waals surface area contributed by atoms with Gasteiger partial charge in [0.15, 0.2) is 0 Å². The fraction of sp³-hybridized carbons (Fsp3) is 0.222. The molecule has 0 atom stereocenters. The van der Waals surface area contributed by atoms with Crippen LogP contribution in [0.4, 0.5) is 5.88 Å². The van der Waals surface area contributed by atoms with Gasteiger partial charge in [-0.1, -0.05) is 80.9 Å². The molecule has 6 heteroatoms. The summed E-state index contributed by atoms with van der Waals surface area (Å²) >= 11 is 0. The number of anilines is 1. The Balaban J connectivity index is 1.75. The Bertz CT molecular complexity index is 1330. The van der Waals surface area contributed by atoms with Gasteiger partial charge in [-0.15, -0.1) is 0 Å². The third-order valence-corrected chi connectivity index (χ3v) is 7.15. The van der Waals surface area contributed by atoms with Crippen LogP contribution in [0.3, 0.4) is 0 Å². The molecule has 0 bridgehead atoms. The number of oxazole rings is 1. The molecule has 170 valence electrons. The number of aryl methyl sites for hydroxylation is 1. The normalized spacial score (nSPS) is 12.0. The third-order valence-electron chi connectivity index (χ3n) is 5.48. The minimum absolute atomic E-state index is 0.0114. The molecular formula is C27H28N2O3S. The lowest BCUT2D eigenvalue weighted by atomic mass is 9.87. The van der Waals surface area contributed by atoms with E-state index in [4.69, 9.17) is 4.42 Å². The van der Waals surface area contributed by atoms with Crippen LogP contribution in [0.2, 0.25) is 0 Å². The fourth-order valence-corrected chi connectivity index (χ4v) is 4.72. The van der Waals surface area contributed by atoms with Crippen molar-refractivity contribution in [2.24, 2.45) is 0 Å². The first-order valence-corrected chi connectivity index (χ1v) is 12.3. The Labute approximate surface area is 195 Å². The topological polar surface area (TPSA) is 72.2 Å². The van der Waals surface area contributed by atoms with Crippen molar-refractivity contribution < 1.29 is 12.8 Å². The molecule has 0 aliphatic carbocycles. The van der Waals surface area contributed by atoms with Crippen molar-refractivity contribution in [1.82, 2.24) is 4.98 Å². The van der Waals surface area contributed by atoms with Crippen LogP contribution < -0.4 is 5.32 Å². The highest BCUT2D eigenvalue weighted by Crippen LogP contribution is 2.33. The van der Waals surface area contributed by atoms with E-state index in [1.54, 1.807) is 24.3 Å². The van der Waals surface area contributed by atoms with Crippen molar-refractivity contribution in [3.63, 3.8) is 0 Å². The Morgan fingerprint density at radius 1 is 0.879 bits per heavy atom. The molecule has 3 aromatic carbocycles. The highest BCUT2D eigenvalue weighted by molar-refractivity contribution is 7.91. The molecule has 4 aromatic rings. The van der Waals surface area contributed by atoms with Crippen molar-refractivity contribution in [3.8, 4) is 11.5 Å². The average Bonchev–Trinajstić information content (AvgIpc) is 3.23. The Morgan fingerprint density at radius 2 is 1.52 bits per heavy atom. The summed E-state index contributed by atoms with van der Waals surface area (Å²) in [6, 6.07) is 24.3. The van der Waals surface area contributed by atoms with E-state index in [1.165, 1.54) is 5.56 Å². The molecule has 1 heterocycles. The summed E-state index contributed by atoms with van der Waals surface area (Å²) in [4.78, 5) is 4.62. The largest absolute Gasteiger partial charge is 0.419 e. The van der Waals surface area contributed by atoms with Gasteiger partial charge in [-0.05, 0) is 47.7 Å². The van der Waals surface area contributed by atoms with E-state index < -0.39 is 9.84 Å². The number of nitrogens with zero attached hydrogens (tertiary/aromatic N) is 1. The van der Waals surface area contributed by atoms with Gasteiger partial charge < -0.3 is 9.73 Å². The van der Waals surface area contributed by atoms with E-state index in [1.807, 2.05) is 61.5 Å². The van der Waals surface area contributed by atoms with Gasteiger partial charge in [0.05, 0.1) is 4.90 Å². The molecule has 4 rings (SSSR count). The van der Waals surface area contributed by atoms with Crippen LogP contribution >= 0.6 is 0 Å². The van der Waals surface area contributed by atoms with Gasteiger partial charge in [0.1, 0.15) is 0 Å². The standard InChI is InChI=1S/C27H28N2O3S/c1-19-10-16-23(17-11-19)33(30,31)26-25(28-18-20-8-6-5-7-9-20)32-24(29-26)21-12-14-22(15-13-21)27(2,3)4/h5-17,28H,18H2,1-4H3. The maximum absolute atomic E-state index is 13.4. The summed E-state index contributed by atoms with van der Waals surface area (Å²) in [5.41, 5.74) is 3.89. The Morgan fingerprint density at radius 3 is 2.12 bits per heavy atom. The van der Waals surface area contributed by atoms with Gasteiger partial charge in [-0.25, -0.2) is 8.42 Å². The number of hydrogen-bond donors (Lipinski definition) is 1. The van der Waals surface area contributed by atoms with Gasteiger partial charge in [0, 0.05) is 12.1 Å². The average molecular weight is 461 g/mol. The number of rotatable bonds is 6. The molecule has 0 aliphatic heterocycles. The summed E-state index contributed by atoms with van der Waals surface area (Å²) in [6.07, 6.45) is 0. The summed E-state index contributed by atoms with van der Waals surface area (Å²) in [5.74, 6) is 0.394. The predicted molar refractivity (Wildman–Crippen MR) is 131 cm³/mol. The highest BCUT2D eigenvalue weighted by Gasteiger charge is 2.28. The second-order valence-electron chi connectivity index (χ2n) is 9.14. The Kier molecular flexibility index (Phi) is 6.13. The minimum atomic E-state index is -3.88. The van der Waals surface area contributed by atoms with Gasteiger partial charge in [-0.3, -0.25) is 0 Å². The molecule has 0 aliphatic rings. The quantitative estimate of drug-likeness (QED) is 0.361. The van der Waals surface area contributed by atoms with Crippen LogP contribution in [0.15, 0.2) is 93.2 Å². The van der Waals surface area contributed by atoms with Crippen molar-refractivity contribution in [2.75, 3.05) is 5.32 Å². The third kappa shape index (κ3) is 5.01. The maximum atomic E-state index is 13.4. The summed E-state index contributed by atoms with van der Waals surface area (Å²) in [5, 5.41) is 3.02. The van der Waals surface area contributed by atoms with Crippen LogP contribution in [-0.2, 0) is 21.8 Å². The number of nitrogens with one attached hydrogen (secondary N) is 1. The Hall–Kier alpha value is -3.38. The molecule has 33 heavy (non-hydrogen) atoms. The summed E-state index contributed by atoms with van der Waals surface area (Å²) in [6.45, 7) is 8.76. The molecule has 0 spiro atoms. The lowest BCUT2D eigenvalue weighted by molar-refractivity contribution is 0.575. The van der Waals surface area contributed by atoms with Crippen molar-refractivity contribution in [2.45, 2.75) is 49.6 Å². The van der Waals surface area contributed by atoms with Crippen molar-refractivity contribution in [3.05, 3.63) is 95.6 Å². The van der Waals surface area contributed by atoms with Crippen molar-refractivity contribution in [1.29, 1.82) is 0 Å². The smallest absolute Gasteiger partial charge is 0.234 e. The van der Waals surface area contributed by atoms with Crippen LogP contribution in [0.5, 0.6) is 0 Å². The number of aromatic nitrogens is 1. The zero-order valence-electron chi connectivity index (χ0n) is 19.3. The maximum Gasteiger partial charge on any atom is 0.234 e. The number of hydrogen-bond acceptors (Lipinski definition) is 5. The molecule has 0 radical (unpaired) electrons. The molecule has 0 unspecified atom stereocenters. The SMILES string of the molecule is Cc1ccc(S(=O)(=O)c2nc(-c3ccc(C(C)(C)C)cc3)oc2NCc2ccccc2)cc1. The molecule has 0 fully saturated rings. The fourth-order valence-electron chi connectivity index (χ4n) is 3.44. The lowest BCUT2D eigenvalue weighted by Gasteiger charge is -2.18. The molecule has 5 nitrogen and oxygen atoms in total. The van der Waals surface area contributed by atoms with E-state index in [0.29, 0.717) is 6.54 Å². The second-order valence-corrected chi connectivity index (χ2v) is 11.0. The van der Waals surface area contributed by atoms with Gasteiger partial charge >= 0.3 is 0 Å². The van der Waals surface area contributed by atoms with E-state index in [0.717, 1.165) is 16.7 Å². The molecule has 0 saturated heterocycles. The van der Waals surface area contributed by atoms with Gasteiger partial charge in [0.2, 0.25) is 26.6 Å². The summed E-state index contributed by atoms with van der Waals surface area (Å²) < 4.78 is 32.9. The van der Waals surface area contributed by atoms with Crippen LogP contribution in [0.1, 0.15) is 37.5 Å². The molecule has 1 aromatic heterocycles. The molecule has 1 N–H and O–H groups in total. The molecule has 0 saturated carbocycles. The lowest BCUT2D eigenvalue weighted by Crippen LogP contribution is -2.10. The first-order valence-electron chi connectivity index (χ1n) is 10.9. The summed E-state index contributed by atoms with van der Waals surface area (Å²) in [7, 11) is -3.88. The van der Waals surface area contributed by atoms with Gasteiger partial charge in [0.25, 0.3) is 0 Å². The van der Waals surface area contributed by atoms with E-state index >= 15 is 0 Å². The minimum Gasteiger partial charge on any atom is -0.419 e. The van der Waals surface area contributed by atoms with Crippen LogP contribution in [0, 0.1) is 6.92 Å². The predicted octanol–water partition coefficient (Wildman–Crippen LogP) is 6.39. The van der Waals surface area contributed by atoms with Gasteiger partial charge in [-0.2, -0.15) is 4.98 Å².